The molecule has 6 rings (SSSR count). The summed E-state index contributed by atoms with van der Waals surface area (Å²) in [6.45, 7) is 2.63. The maximum atomic E-state index is 4.68. The maximum absolute atomic E-state index is 4.68. The van der Waals surface area contributed by atoms with Gasteiger partial charge in [-0.25, -0.2) is 29.6 Å². The standard InChI is InChI=1S/C30H25N9/c1-21-6-5-9-25(33-21)30-32-17-15-28(36-30)34-27-14-16-31-29(35-27)18-22-10-12-24(13-11-22)26-20-39(38-37-26)19-23-7-3-2-4-8-23/h2-17,20H,18-19H2,1H3,(H,31,32,34,35,36). The monoisotopic (exact) mass is 511 g/mol. The molecule has 4 heterocycles. The van der Waals surface area contributed by atoms with Crippen LogP contribution >= 0.6 is 0 Å². The van der Waals surface area contributed by atoms with Crippen LogP contribution in [0.15, 0.2) is 104 Å². The lowest BCUT2D eigenvalue weighted by Crippen LogP contribution is -2.03. The third kappa shape index (κ3) is 5.99. The van der Waals surface area contributed by atoms with Crippen molar-refractivity contribution in [3.05, 3.63) is 126 Å². The first-order valence-corrected chi connectivity index (χ1v) is 12.6. The Morgan fingerprint density at radius 3 is 2.31 bits per heavy atom. The van der Waals surface area contributed by atoms with Crippen LogP contribution in [0.25, 0.3) is 22.8 Å². The van der Waals surface area contributed by atoms with Gasteiger partial charge in [-0.1, -0.05) is 65.9 Å². The fourth-order valence-electron chi connectivity index (χ4n) is 4.16. The molecule has 0 aliphatic heterocycles. The molecule has 0 radical (unpaired) electrons. The van der Waals surface area contributed by atoms with Gasteiger partial charge in [-0.3, -0.25) is 0 Å². The summed E-state index contributed by atoms with van der Waals surface area (Å²) in [5, 5.41) is 11.9. The van der Waals surface area contributed by atoms with Crippen molar-refractivity contribution in [2.75, 3.05) is 5.32 Å². The minimum Gasteiger partial charge on any atom is -0.325 e. The van der Waals surface area contributed by atoms with E-state index in [0.29, 0.717) is 36.3 Å². The van der Waals surface area contributed by atoms with E-state index in [1.807, 2.05) is 60.3 Å². The summed E-state index contributed by atoms with van der Waals surface area (Å²) in [4.78, 5) is 22.6. The number of rotatable bonds is 8. The summed E-state index contributed by atoms with van der Waals surface area (Å²) in [6.07, 6.45) is 6.01. The van der Waals surface area contributed by atoms with Gasteiger partial charge >= 0.3 is 0 Å². The lowest BCUT2D eigenvalue weighted by Gasteiger charge is -2.08. The van der Waals surface area contributed by atoms with Crippen LogP contribution in [0.1, 0.15) is 22.6 Å². The Labute approximate surface area is 225 Å². The lowest BCUT2D eigenvalue weighted by molar-refractivity contribution is 0.650. The van der Waals surface area contributed by atoms with Crippen LogP contribution < -0.4 is 5.32 Å². The summed E-state index contributed by atoms with van der Waals surface area (Å²) < 4.78 is 1.85. The highest BCUT2D eigenvalue weighted by molar-refractivity contribution is 5.58. The molecule has 9 nitrogen and oxygen atoms in total. The molecule has 0 saturated heterocycles. The van der Waals surface area contributed by atoms with Crippen LogP contribution in [-0.2, 0) is 13.0 Å². The quantitative estimate of drug-likeness (QED) is 0.294. The molecule has 190 valence electrons. The highest BCUT2D eigenvalue weighted by atomic mass is 15.4. The first-order valence-electron chi connectivity index (χ1n) is 12.6. The van der Waals surface area contributed by atoms with E-state index in [1.54, 1.807) is 18.5 Å². The average Bonchev–Trinajstić information content (AvgIpc) is 3.43. The highest BCUT2D eigenvalue weighted by Crippen LogP contribution is 2.20. The van der Waals surface area contributed by atoms with Gasteiger partial charge in [0, 0.05) is 30.1 Å². The van der Waals surface area contributed by atoms with Crippen LogP contribution in [0.2, 0.25) is 0 Å². The zero-order valence-electron chi connectivity index (χ0n) is 21.3. The molecule has 0 spiro atoms. The van der Waals surface area contributed by atoms with Gasteiger partial charge in [-0.15, -0.1) is 5.10 Å². The van der Waals surface area contributed by atoms with E-state index in [-0.39, 0.29) is 0 Å². The van der Waals surface area contributed by atoms with Gasteiger partial charge in [-0.05, 0) is 42.3 Å². The third-order valence-corrected chi connectivity index (χ3v) is 6.07. The SMILES string of the molecule is Cc1cccc(-c2nccc(Nc3ccnc(Cc4ccc(-c5cn(Cc6ccccc6)nn5)cc4)n3)n2)n1. The first kappa shape index (κ1) is 24.1. The van der Waals surface area contributed by atoms with Crippen molar-refractivity contribution in [3.63, 3.8) is 0 Å². The first-order chi connectivity index (χ1) is 19.2. The maximum Gasteiger partial charge on any atom is 0.180 e. The molecule has 0 saturated carbocycles. The average molecular weight is 512 g/mol. The number of hydrogen-bond donors (Lipinski definition) is 1. The van der Waals surface area contributed by atoms with Gasteiger partial charge in [-0.2, -0.15) is 0 Å². The second-order valence-corrected chi connectivity index (χ2v) is 9.07. The van der Waals surface area contributed by atoms with E-state index in [0.717, 1.165) is 28.2 Å². The Hall–Kier alpha value is -5.31. The minimum absolute atomic E-state index is 0.554. The predicted molar refractivity (Wildman–Crippen MR) is 149 cm³/mol. The third-order valence-electron chi connectivity index (χ3n) is 6.07. The molecule has 0 aliphatic rings. The Bertz CT molecular complexity index is 1700. The molecule has 39 heavy (non-hydrogen) atoms. The summed E-state index contributed by atoms with van der Waals surface area (Å²) in [5.74, 6) is 2.56. The number of anilines is 2. The molecule has 4 aromatic heterocycles. The lowest BCUT2D eigenvalue weighted by atomic mass is 10.1. The largest absolute Gasteiger partial charge is 0.325 e. The smallest absolute Gasteiger partial charge is 0.180 e. The molecule has 9 heteroatoms. The molecule has 0 amide bonds. The zero-order chi connectivity index (χ0) is 26.4. The second kappa shape index (κ2) is 11.0. The number of hydrogen-bond acceptors (Lipinski definition) is 8. The van der Waals surface area contributed by atoms with Gasteiger partial charge < -0.3 is 5.32 Å². The molecule has 1 N–H and O–H groups in total. The van der Waals surface area contributed by atoms with Crippen molar-refractivity contribution >= 4 is 11.6 Å². The fourth-order valence-corrected chi connectivity index (χ4v) is 4.16. The summed E-state index contributed by atoms with van der Waals surface area (Å²) >= 11 is 0. The number of aromatic nitrogens is 8. The van der Waals surface area contributed by atoms with Gasteiger partial charge in [0.25, 0.3) is 0 Å². The van der Waals surface area contributed by atoms with Crippen molar-refractivity contribution in [1.29, 1.82) is 0 Å². The second-order valence-electron chi connectivity index (χ2n) is 9.07. The molecule has 2 aromatic carbocycles. The van der Waals surface area contributed by atoms with Crippen LogP contribution in [0, 0.1) is 6.92 Å². The minimum atomic E-state index is 0.554. The van der Waals surface area contributed by atoms with E-state index >= 15 is 0 Å². The van der Waals surface area contributed by atoms with Crippen LogP contribution in [0.5, 0.6) is 0 Å². The normalized spacial score (nSPS) is 10.9. The van der Waals surface area contributed by atoms with Crippen LogP contribution in [-0.4, -0.2) is 39.9 Å². The van der Waals surface area contributed by atoms with Crippen LogP contribution in [0.4, 0.5) is 11.6 Å². The van der Waals surface area contributed by atoms with E-state index in [4.69, 9.17) is 0 Å². The van der Waals surface area contributed by atoms with Gasteiger partial charge in [0.2, 0.25) is 0 Å². The van der Waals surface area contributed by atoms with Crippen molar-refractivity contribution in [2.45, 2.75) is 19.9 Å². The molecular formula is C30H25N9. The van der Waals surface area contributed by atoms with E-state index in [1.165, 1.54) is 5.56 Å². The highest BCUT2D eigenvalue weighted by Gasteiger charge is 2.08. The number of pyridine rings is 1. The molecule has 6 aromatic rings. The molecule has 0 bridgehead atoms. The number of benzene rings is 2. The van der Waals surface area contributed by atoms with Crippen molar-refractivity contribution in [2.24, 2.45) is 0 Å². The molecule has 0 fully saturated rings. The van der Waals surface area contributed by atoms with Crippen molar-refractivity contribution < 1.29 is 0 Å². The van der Waals surface area contributed by atoms with E-state index in [2.05, 4.69) is 76.9 Å². The fraction of sp³-hybridized carbons (Fsp3) is 0.100. The van der Waals surface area contributed by atoms with Gasteiger partial charge in [0.15, 0.2) is 5.82 Å². The Morgan fingerprint density at radius 2 is 1.49 bits per heavy atom. The molecule has 0 aliphatic carbocycles. The van der Waals surface area contributed by atoms with E-state index < -0.39 is 0 Å². The summed E-state index contributed by atoms with van der Waals surface area (Å²) in [6, 6.07) is 27.9. The Kier molecular flexibility index (Phi) is 6.77. The molecule has 0 atom stereocenters. The molecule has 0 unspecified atom stereocenters. The number of aryl methyl sites for hydroxylation is 1. The van der Waals surface area contributed by atoms with Crippen molar-refractivity contribution in [1.82, 2.24) is 39.9 Å². The summed E-state index contributed by atoms with van der Waals surface area (Å²) in [7, 11) is 0. The van der Waals surface area contributed by atoms with E-state index in [9.17, 15) is 0 Å². The molecular weight excluding hydrogens is 486 g/mol. The Morgan fingerprint density at radius 1 is 0.692 bits per heavy atom. The summed E-state index contributed by atoms with van der Waals surface area (Å²) in [5.41, 5.74) is 5.77. The Balaban J connectivity index is 1.12. The van der Waals surface area contributed by atoms with Crippen molar-refractivity contribution in [3.8, 4) is 22.8 Å². The van der Waals surface area contributed by atoms with Gasteiger partial charge in [0.05, 0.1) is 12.7 Å². The topological polar surface area (TPSA) is 107 Å². The number of nitrogens with one attached hydrogen (secondary N) is 1. The number of nitrogens with zero attached hydrogens (tertiary/aromatic N) is 8. The zero-order valence-corrected chi connectivity index (χ0v) is 21.3. The van der Waals surface area contributed by atoms with Gasteiger partial charge in [0.1, 0.15) is 28.8 Å². The predicted octanol–water partition coefficient (Wildman–Crippen LogP) is 5.28. The van der Waals surface area contributed by atoms with Crippen LogP contribution in [0.3, 0.4) is 0 Å².